The van der Waals surface area contributed by atoms with Gasteiger partial charge in [0.1, 0.15) is 17.5 Å². The molecule has 172 valence electrons. The highest BCUT2D eigenvalue weighted by Crippen LogP contribution is 2.36. The quantitative estimate of drug-likeness (QED) is 0.633. The third-order valence-corrected chi connectivity index (χ3v) is 6.87. The number of rotatable bonds is 4. The van der Waals surface area contributed by atoms with E-state index in [1.807, 2.05) is 6.07 Å². The van der Waals surface area contributed by atoms with Crippen molar-refractivity contribution in [3.8, 4) is 0 Å². The number of aromatic nitrogens is 3. The minimum Gasteiger partial charge on any atom is -0.355 e. The number of nitrogens with zero attached hydrogens (tertiary/aromatic N) is 4. The zero-order chi connectivity index (χ0) is 22.9. The first-order valence-electron chi connectivity index (χ1n) is 11.4. The summed E-state index contributed by atoms with van der Waals surface area (Å²) in [4.78, 5) is 40.9. The summed E-state index contributed by atoms with van der Waals surface area (Å²) in [5, 5.41) is 2.90. The van der Waals surface area contributed by atoms with Gasteiger partial charge >= 0.3 is 0 Å². The maximum atomic E-state index is 13.5. The van der Waals surface area contributed by atoms with Gasteiger partial charge in [-0.05, 0) is 49.6 Å². The van der Waals surface area contributed by atoms with Gasteiger partial charge in [-0.15, -0.1) is 0 Å². The molecule has 2 aromatic heterocycles. The zero-order valence-corrected chi connectivity index (χ0v) is 18.6. The van der Waals surface area contributed by atoms with Crippen LogP contribution in [-0.4, -0.2) is 65.0 Å². The number of pyridine rings is 1. The van der Waals surface area contributed by atoms with Gasteiger partial charge in [0.15, 0.2) is 0 Å². The molecule has 1 aliphatic heterocycles. The van der Waals surface area contributed by atoms with Crippen molar-refractivity contribution in [3.05, 3.63) is 64.1 Å². The summed E-state index contributed by atoms with van der Waals surface area (Å²) in [6.07, 6.45) is 4.61. The summed E-state index contributed by atoms with van der Waals surface area (Å²) in [5.74, 6) is 1.24. The van der Waals surface area contributed by atoms with Crippen LogP contribution < -0.4 is 15.8 Å². The van der Waals surface area contributed by atoms with Crippen LogP contribution in [0.5, 0.6) is 0 Å². The summed E-state index contributed by atoms with van der Waals surface area (Å²) in [7, 11) is 1.61. The van der Waals surface area contributed by atoms with Crippen LogP contribution in [0, 0.1) is 5.82 Å². The minimum absolute atomic E-state index is 0.135. The number of piperazine rings is 1. The topological polar surface area (TPSA) is 94.2 Å². The SMILES string of the molecule is CNC(=O)c1ccc(N2CCN(C3CCC(c4nc5ccc(F)cc5c(=O)[nH]4)C3)CC2)nc1. The molecule has 1 saturated heterocycles. The molecule has 0 bridgehead atoms. The van der Waals surface area contributed by atoms with Gasteiger partial charge < -0.3 is 15.2 Å². The molecular formula is C24H27FN6O2. The number of benzene rings is 1. The van der Waals surface area contributed by atoms with Gasteiger partial charge in [0.25, 0.3) is 11.5 Å². The van der Waals surface area contributed by atoms with Gasteiger partial charge in [-0.2, -0.15) is 0 Å². The molecule has 2 fully saturated rings. The fraction of sp³-hybridized carbons (Fsp3) is 0.417. The van der Waals surface area contributed by atoms with Gasteiger partial charge in [-0.3, -0.25) is 14.5 Å². The molecule has 8 nitrogen and oxygen atoms in total. The van der Waals surface area contributed by atoms with Crippen LogP contribution in [0.3, 0.4) is 0 Å². The first kappa shape index (κ1) is 21.5. The summed E-state index contributed by atoms with van der Waals surface area (Å²) in [6, 6.07) is 8.32. The molecule has 9 heteroatoms. The van der Waals surface area contributed by atoms with Crippen LogP contribution >= 0.6 is 0 Å². The second kappa shape index (κ2) is 8.90. The van der Waals surface area contributed by atoms with E-state index in [0.29, 0.717) is 28.3 Å². The average molecular weight is 451 g/mol. The molecule has 1 aromatic carbocycles. The molecule has 2 aliphatic rings. The van der Waals surface area contributed by atoms with Crippen LogP contribution in [0.25, 0.3) is 10.9 Å². The fourth-order valence-corrected chi connectivity index (χ4v) is 5.03. The first-order chi connectivity index (χ1) is 16.0. The molecule has 33 heavy (non-hydrogen) atoms. The number of carbonyl (C=O) groups is 1. The van der Waals surface area contributed by atoms with Gasteiger partial charge in [0.2, 0.25) is 0 Å². The molecule has 2 atom stereocenters. The Kier molecular flexibility index (Phi) is 5.80. The van der Waals surface area contributed by atoms with E-state index in [0.717, 1.165) is 51.3 Å². The van der Waals surface area contributed by atoms with Crippen molar-refractivity contribution in [1.29, 1.82) is 0 Å². The smallest absolute Gasteiger partial charge is 0.258 e. The molecule has 3 heterocycles. The zero-order valence-electron chi connectivity index (χ0n) is 18.6. The van der Waals surface area contributed by atoms with Gasteiger partial charge in [0.05, 0.1) is 16.5 Å². The predicted molar refractivity (Wildman–Crippen MR) is 124 cm³/mol. The van der Waals surface area contributed by atoms with Crippen molar-refractivity contribution in [2.24, 2.45) is 0 Å². The molecule has 2 unspecified atom stereocenters. The second-order valence-corrected chi connectivity index (χ2v) is 8.78. The summed E-state index contributed by atoms with van der Waals surface area (Å²) >= 11 is 0. The first-order valence-corrected chi connectivity index (χ1v) is 11.4. The van der Waals surface area contributed by atoms with E-state index in [9.17, 15) is 14.0 Å². The maximum Gasteiger partial charge on any atom is 0.258 e. The molecule has 0 radical (unpaired) electrons. The number of hydrogen-bond acceptors (Lipinski definition) is 6. The highest BCUT2D eigenvalue weighted by molar-refractivity contribution is 5.93. The van der Waals surface area contributed by atoms with E-state index >= 15 is 0 Å². The van der Waals surface area contributed by atoms with Crippen LogP contribution in [0.15, 0.2) is 41.3 Å². The van der Waals surface area contributed by atoms with Crippen LogP contribution in [0.1, 0.15) is 41.4 Å². The van der Waals surface area contributed by atoms with Crippen molar-refractivity contribution in [3.63, 3.8) is 0 Å². The number of fused-ring (bicyclic) bond motifs is 1. The second-order valence-electron chi connectivity index (χ2n) is 8.78. The lowest BCUT2D eigenvalue weighted by atomic mass is 10.1. The predicted octanol–water partition coefficient (Wildman–Crippen LogP) is 2.28. The summed E-state index contributed by atoms with van der Waals surface area (Å²) < 4.78 is 13.5. The number of anilines is 1. The van der Waals surface area contributed by atoms with Crippen molar-refractivity contribution >= 4 is 22.6 Å². The van der Waals surface area contributed by atoms with Crippen LogP contribution in [0.4, 0.5) is 10.2 Å². The Labute approximate surface area is 190 Å². The highest BCUT2D eigenvalue weighted by atomic mass is 19.1. The maximum absolute atomic E-state index is 13.5. The average Bonchev–Trinajstić information content (AvgIpc) is 3.34. The molecule has 0 spiro atoms. The standard InChI is InChI=1S/C24H27FN6O2/c1-26-23(32)16-3-7-21(27-14-16)31-10-8-30(9-11-31)18-5-2-15(12-18)22-28-20-6-4-17(25)13-19(20)24(33)29-22/h3-4,6-7,13-15,18H,2,5,8-12H2,1H3,(H,26,32)(H,28,29,33). The van der Waals surface area contributed by atoms with E-state index < -0.39 is 5.82 Å². The highest BCUT2D eigenvalue weighted by Gasteiger charge is 2.33. The lowest BCUT2D eigenvalue weighted by Gasteiger charge is -2.38. The Bertz CT molecular complexity index is 1220. The Balaban J connectivity index is 1.21. The Morgan fingerprint density at radius 1 is 1.15 bits per heavy atom. The molecule has 1 saturated carbocycles. The summed E-state index contributed by atoms with van der Waals surface area (Å²) in [6.45, 7) is 3.64. The fourth-order valence-electron chi connectivity index (χ4n) is 5.03. The van der Waals surface area contributed by atoms with Gasteiger partial charge in [0, 0.05) is 51.4 Å². The number of H-pyrrole nitrogens is 1. The van der Waals surface area contributed by atoms with Gasteiger partial charge in [-0.1, -0.05) is 0 Å². The number of nitrogens with one attached hydrogen (secondary N) is 2. The molecular weight excluding hydrogens is 423 g/mol. The lowest BCUT2D eigenvalue weighted by Crippen LogP contribution is -2.50. The largest absolute Gasteiger partial charge is 0.355 e. The Hall–Kier alpha value is -3.33. The molecule has 3 aromatic rings. The molecule has 1 amide bonds. The minimum atomic E-state index is -0.430. The van der Waals surface area contributed by atoms with Crippen molar-refractivity contribution < 1.29 is 9.18 Å². The van der Waals surface area contributed by atoms with E-state index in [-0.39, 0.29) is 17.4 Å². The van der Waals surface area contributed by atoms with Crippen LogP contribution in [-0.2, 0) is 0 Å². The monoisotopic (exact) mass is 450 g/mol. The molecule has 2 N–H and O–H groups in total. The van der Waals surface area contributed by atoms with Gasteiger partial charge in [-0.25, -0.2) is 14.4 Å². The Morgan fingerprint density at radius 2 is 1.97 bits per heavy atom. The van der Waals surface area contributed by atoms with Crippen molar-refractivity contribution in [1.82, 2.24) is 25.2 Å². The Morgan fingerprint density at radius 3 is 2.70 bits per heavy atom. The van der Waals surface area contributed by atoms with E-state index in [1.54, 1.807) is 25.4 Å². The third kappa shape index (κ3) is 4.32. The molecule has 1 aliphatic carbocycles. The number of aromatic amines is 1. The number of amides is 1. The number of halogens is 1. The number of carbonyl (C=O) groups excluding carboxylic acids is 1. The third-order valence-electron chi connectivity index (χ3n) is 6.87. The molecule has 5 rings (SSSR count). The van der Waals surface area contributed by atoms with E-state index in [4.69, 9.17) is 0 Å². The van der Waals surface area contributed by atoms with Crippen molar-refractivity contribution in [2.45, 2.75) is 31.2 Å². The normalized spacial score (nSPS) is 21.5. The van der Waals surface area contributed by atoms with E-state index in [1.165, 1.54) is 12.1 Å². The number of hydrogen-bond donors (Lipinski definition) is 2. The lowest BCUT2D eigenvalue weighted by molar-refractivity contribution is 0.0962. The van der Waals surface area contributed by atoms with Crippen LogP contribution in [0.2, 0.25) is 0 Å². The summed E-state index contributed by atoms with van der Waals surface area (Å²) in [5.41, 5.74) is 0.825. The van der Waals surface area contributed by atoms with E-state index in [2.05, 4.69) is 30.1 Å². The van der Waals surface area contributed by atoms with Crippen molar-refractivity contribution in [2.75, 3.05) is 38.1 Å².